The molecule has 3 rings (SSSR count). The van der Waals surface area contributed by atoms with Gasteiger partial charge in [0.15, 0.2) is 0 Å². The summed E-state index contributed by atoms with van der Waals surface area (Å²) in [5.74, 6) is 1.51. The van der Waals surface area contributed by atoms with E-state index in [2.05, 4.69) is 23.1 Å². The van der Waals surface area contributed by atoms with Crippen molar-refractivity contribution in [2.24, 2.45) is 5.92 Å². The van der Waals surface area contributed by atoms with E-state index in [0.29, 0.717) is 5.92 Å². The highest BCUT2D eigenvalue weighted by atomic mass is 16.5. The molecule has 2 aliphatic rings. The van der Waals surface area contributed by atoms with Gasteiger partial charge in [-0.25, -0.2) is 0 Å². The van der Waals surface area contributed by atoms with E-state index < -0.39 is 0 Å². The molecule has 2 atom stereocenters. The summed E-state index contributed by atoms with van der Waals surface area (Å²) < 4.78 is 10.6. The summed E-state index contributed by atoms with van der Waals surface area (Å²) in [5.41, 5.74) is 1.31. The lowest BCUT2D eigenvalue weighted by atomic mass is 9.90. The molecule has 1 fully saturated rings. The molecule has 0 bridgehead atoms. The number of carbonyl (C=O) groups excluding carboxylic acids is 1. The lowest BCUT2D eigenvalue weighted by molar-refractivity contribution is -0.147. The number of esters is 1. The van der Waals surface area contributed by atoms with Crippen molar-refractivity contribution in [1.82, 2.24) is 4.90 Å². The largest absolute Gasteiger partial charge is 0.493 e. The summed E-state index contributed by atoms with van der Waals surface area (Å²) in [6, 6.07) is 8.32. The molecule has 2 aliphatic heterocycles. The molecule has 4 nitrogen and oxygen atoms in total. The minimum absolute atomic E-state index is 0.0406. The highest BCUT2D eigenvalue weighted by Crippen LogP contribution is 2.34. The zero-order chi connectivity index (χ0) is 14.7. The maximum Gasteiger partial charge on any atom is 0.309 e. The monoisotopic (exact) mass is 289 g/mol. The smallest absolute Gasteiger partial charge is 0.309 e. The van der Waals surface area contributed by atoms with Crippen LogP contribution in [0.25, 0.3) is 0 Å². The van der Waals surface area contributed by atoms with E-state index in [-0.39, 0.29) is 11.9 Å². The van der Waals surface area contributed by atoms with Crippen LogP contribution in [0, 0.1) is 5.92 Å². The fourth-order valence-corrected chi connectivity index (χ4v) is 3.50. The van der Waals surface area contributed by atoms with Crippen molar-refractivity contribution in [2.45, 2.75) is 25.2 Å². The van der Waals surface area contributed by atoms with Crippen molar-refractivity contribution < 1.29 is 14.3 Å². The van der Waals surface area contributed by atoms with Gasteiger partial charge >= 0.3 is 5.97 Å². The van der Waals surface area contributed by atoms with E-state index in [1.54, 1.807) is 0 Å². The molecule has 2 heterocycles. The summed E-state index contributed by atoms with van der Waals surface area (Å²) >= 11 is 0. The van der Waals surface area contributed by atoms with E-state index in [1.165, 1.54) is 12.7 Å². The van der Waals surface area contributed by atoms with Gasteiger partial charge in [-0.2, -0.15) is 0 Å². The Balaban J connectivity index is 1.66. The number of piperidine rings is 1. The van der Waals surface area contributed by atoms with E-state index in [1.807, 2.05) is 6.07 Å². The maximum atomic E-state index is 11.7. The van der Waals surface area contributed by atoms with Crippen LogP contribution in [0.1, 0.15) is 30.7 Å². The van der Waals surface area contributed by atoms with Crippen molar-refractivity contribution in [3.05, 3.63) is 29.8 Å². The van der Waals surface area contributed by atoms with Gasteiger partial charge in [-0.15, -0.1) is 0 Å². The van der Waals surface area contributed by atoms with E-state index in [9.17, 15) is 4.79 Å². The van der Waals surface area contributed by atoms with E-state index in [0.717, 1.165) is 51.3 Å². The first kappa shape index (κ1) is 14.4. The molecule has 1 aromatic carbocycles. The van der Waals surface area contributed by atoms with Crippen molar-refractivity contribution in [3.8, 4) is 5.75 Å². The molecule has 0 N–H and O–H groups in total. The normalized spacial score (nSPS) is 25.8. The van der Waals surface area contributed by atoms with Gasteiger partial charge in [0.25, 0.3) is 0 Å². The SMILES string of the molecule is COC(=O)C1CCCN(CC2CCOc3ccccc32)C1. The summed E-state index contributed by atoms with van der Waals surface area (Å²) in [6.07, 6.45) is 3.08. The van der Waals surface area contributed by atoms with Crippen LogP contribution in [-0.2, 0) is 9.53 Å². The van der Waals surface area contributed by atoms with Gasteiger partial charge in [0.1, 0.15) is 5.75 Å². The second kappa shape index (κ2) is 6.48. The minimum Gasteiger partial charge on any atom is -0.493 e. The summed E-state index contributed by atoms with van der Waals surface area (Å²) in [5, 5.41) is 0. The fraction of sp³-hybridized carbons (Fsp3) is 0.588. The number of para-hydroxylation sites is 1. The molecule has 0 spiro atoms. The Hall–Kier alpha value is -1.55. The number of ether oxygens (including phenoxy) is 2. The second-order valence-electron chi connectivity index (χ2n) is 5.99. The Morgan fingerprint density at radius 2 is 2.24 bits per heavy atom. The van der Waals surface area contributed by atoms with Gasteiger partial charge in [-0.3, -0.25) is 4.79 Å². The third-order valence-corrected chi connectivity index (χ3v) is 4.60. The van der Waals surface area contributed by atoms with Gasteiger partial charge in [0.05, 0.1) is 19.6 Å². The summed E-state index contributed by atoms with van der Waals surface area (Å²) in [6.45, 7) is 3.70. The van der Waals surface area contributed by atoms with Crippen LogP contribution in [0.3, 0.4) is 0 Å². The highest BCUT2D eigenvalue weighted by Gasteiger charge is 2.29. The molecule has 1 saturated heterocycles. The molecule has 0 aliphatic carbocycles. The van der Waals surface area contributed by atoms with Crippen molar-refractivity contribution in [1.29, 1.82) is 0 Å². The summed E-state index contributed by atoms with van der Waals surface area (Å²) in [7, 11) is 1.48. The number of benzene rings is 1. The molecule has 0 radical (unpaired) electrons. The second-order valence-corrected chi connectivity index (χ2v) is 5.99. The number of nitrogens with zero attached hydrogens (tertiary/aromatic N) is 1. The Bertz CT molecular complexity index is 503. The van der Waals surface area contributed by atoms with Crippen LogP contribution in [0.4, 0.5) is 0 Å². The van der Waals surface area contributed by atoms with E-state index in [4.69, 9.17) is 9.47 Å². The van der Waals surface area contributed by atoms with Crippen molar-refractivity contribution >= 4 is 5.97 Å². The van der Waals surface area contributed by atoms with Gasteiger partial charge in [-0.1, -0.05) is 18.2 Å². The lowest BCUT2D eigenvalue weighted by Gasteiger charge is -2.35. The number of likely N-dealkylation sites (tertiary alicyclic amines) is 1. The summed E-state index contributed by atoms with van der Waals surface area (Å²) in [4.78, 5) is 14.1. The standard InChI is InChI=1S/C17H23NO3/c1-20-17(19)14-5-4-9-18(12-14)11-13-8-10-21-16-7-3-2-6-15(13)16/h2-3,6-7,13-14H,4-5,8-12H2,1H3. The molecule has 114 valence electrons. The van der Waals surface area contributed by atoms with Gasteiger partial charge in [0.2, 0.25) is 0 Å². The Morgan fingerprint density at radius 1 is 1.38 bits per heavy atom. The first-order chi connectivity index (χ1) is 10.3. The fourth-order valence-electron chi connectivity index (χ4n) is 3.50. The van der Waals surface area contributed by atoms with Crippen molar-refractivity contribution in [2.75, 3.05) is 33.4 Å². The van der Waals surface area contributed by atoms with Gasteiger partial charge < -0.3 is 14.4 Å². The average molecular weight is 289 g/mol. The molecular weight excluding hydrogens is 266 g/mol. The first-order valence-corrected chi connectivity index (χ1v) is 7.80. The third-order valence-electron chi connectivity index (χ3n) is 4.60. The zero-order valence-corrected chi connectivity index (χ0v) is 12.6. The molecule has 1 aromatic rings. The Kier molecular flexibility index (Phi) is 4.44. The number of rotatable bonds is 3. The Morgan fingerprint density at radius 3 is 3.10 bits per heavy atom. The van der Waals surface area contributed by atoms with Gasteiger partial charge in [0, 0.05) is 19.0 Å². The van der Waals surface area contributed by atoms with Gasteiger partial charge in [-0.05, 0) is 37.4 Å². The predicted octanol–water partition coefficient (Wildman–Crippen LogP) is 2.44. The average Bonchev–Trinajstić information content (AvgIpc) is 2.55. The molecular formula is C17H23NO3. The maximum absolute atomic E-state index is 11.7. The molecule has 4 heteroatoms. The third kappa shape index (κ3) is 3.21. The quantitative estimate of drug-likeness (QED) is 0.801. The van der Waals surface area contributed by atoms with Crippen molar-refractivity contribution in [3.63, 3.8) is 0 Å². The number of hydrogen-bond acceptors (Lipinski definition) is 4. The first-order valence-electron chi connectivity index (χ1n) is 7.80. The number of carbonyl (C=O) groups is 1. The van der Waals surface area contributed by atoms with Crippen LogP contribution < -0.4 is 4.74 Å². The van der Waals surface area contributed by atoms with Crippen LogP contribution in [0.15, 0.2) is 24.3 Å². The molecule has 2 unspecified atom stereocenters. The molecule has 0 saturated carbocycles. The highest BCUT2D eigenvalue weighted by molar-refractivity contribution is 5.72. The molecule has 21 heavy (non-hydrogen) atoms. The van der Waals surface area contributed by atoms with E-state index >= 15 is 0 Å². The zero-order valence-electron chi connectivity index (χ0n) is 12.6. The van der Waals surface area contributed by atoms with Crippen LogP contribution >= 0.6 is 0 Å². The van der Waals surface area contributed by atoms with Crippen LogP contribution in [-0.4, -0.2) is 44.2 Å². The topological polar surface area (TPSA) is 38.8 Å². The lowest BCUT2D eigenvalue weighted by Crippen LogP contribution is -2.41. The Labute approximate surface area is 126 Å². The van der Waals surface area contributed by atoms with Crippen LogP contribution in [0.5, 0.6) is 5.75 Å². The minimum atomic E-state index is -0.0629. The number of methoxy groups -OCH3 is 1. The molecule has 0 aromatic heterocycles. The van der Waals surface area contributed by atoms with Crippen LogP contribution in [0.2, 0.25) is 0 Å². The number of hydrogen-bond donors (Lipinski definition) is 0. The predicted molar refractivity (Wildman–Crippen MR) is 80.5 cm³/mol. The molecule has 0 amide bonds. The number of fused-ring (bicyclic) bond motifs is 1.